The Bertz CT molecular complexity index is 541. The highest BCUT2D eigenvalue weighted by Gasteiger charge is 2.25. The van der Waals surface area contributed by atoms with Crippen molar-refractivity contribution in [3.8, 4) is 0 Å². The molecule has 1 aliphatic rings. The first-order chi connectivity index (χ1) is 12.0. The fraction of sp³-hybridized carbons (Fsp3) is 0.650. The summed E-state index contributed by atoms with van der Waals surface area (Å²) in [7, 11) is 2.18. The molecule has 25 heavy (non-hydrogen) atoms. The van der Waals surface area contributed by atoms with Crippen LogP contribution in [0.1, 0.15) is 25.0 Å². The zero-order valence-corrected chi connectivity index (χ0v) is 16.9. The average molecular weight is 364 g/mol. The van der Waals surface area contributed by atoms with Crippen LogP contribution in [-0.4, -0.2) is 67.3 Å². The summed E-state index contributed by atoms with van der Waals surface area (Å²) < 4.78 is 0. The summed E-state index contributed by atoms with van der Waals surface area (Å²) in [5.74, 6) is 2.11. The number of piperazine rings is 1. The highest BCUT2D eigenvalue weighted by molar-refractivity contribution is 7.99. The van der Waals surface area contributed by atoms with Crippen LogP contribution >= 0.6 is 11.8 Å². The second kappa shape index (κ2) is 10.2. The van der Waals surface area contributed by atoms with E-state index >= 15 is 0 Å². The number of benzene rings is 1. The molecule has 1 heterocycles. The molecule has 1 saturated heterocycles. The lowest BCUT2D eigenvalue weighted by atomic mass is 10.0. The Labute approximate surface area is 157 Å². The highest BCUT2D eigenvalue weighted by Crippen LogP contribution is 2.15. The van der Waals surface area contributed by atoms with Crippen molar-refractivity contribution >= 4 is 17.7 Å². The van der Waals surface area contributed by atoms with Crippen molar-refractivity contribution in [3.05, 3.63) is 35.4 Å². The molecule has 1 amide bonds. The normalized spacial score (nSPS) is 17.6. The van der Waals surface area contributed by atoms with E-state index in [0.29, 0.717) is 17.7 Å². The quantitative estimate of drug-likeness (QED) is 0.770. The van der Waals surface area contributed by atoms with Gasteiger partial charge in [0.05, 0.1) is 5.75 Å². The predicted octanol–water partition coefficient (Wildman–Crippen LogP) is 2.62. The number of likely N-dealkylation sites (N-methyl/N-ethyl adjacent to an activating group) is 1. The molecular formula is C20H33N3OS. The van der Waals surface area contributed by atoms with Crippen LogP contribution in [-0.2, 0) is 10.5 Å². The molecule has 1 atom stereocenters. The third-order valence-corrected chi connectivity index (χ3v) is 5.87. The zero-order chi connectivity index (χ0) is 18.2. The van der Waals surface area contributed by atoms with Gasteiger partial charge in [0.2, 0.25) is 5.91 Å². The van der Waals surface area contributed by atoms with Gasteiger partial charge in [-0.2, -0.15) is 0 Å². The van der Waals surface area contributed by atoms with Crippen LogP contribution in [0.5, 0.6) is 0 Å². The minimum Gasteiger partial charge on any atom is -0.354 e. The Morgan fingerprint density at radius 1 is 1.24 bits per heavy atom. The number of hydrogen-bond donors (Lipinski definition) is 1. The Hall–Kier alpha value is -1.04. The molecule has 0 aliphatic carbocycles. The molecule has 1 N–H and O–H groups in total. The summed E-state index contributed by atoms with van der Waals surface area (Å²) in [6.07, 6.45) is 0. The van der Waals surface area contributed by atoms with Crippen molar-refractivity contribution < 1.29 is 4.79 Å². The summed E-state index contributed by atoms with van der Waals surface area (Å²) >= 11 is 1.69. The number of hydrogen-bond acceptors (Lipinski definition) is 4. The minimum atomic E-state index is 0.150. The first-order valence-corrected chi connectivity index (χ1v) is 10.4. The monoisotopic (exact) mass is 363 g/mol. The number of aryl methyl sites for hydroxylation is 1. The molecule has 0 aromatic heterocycles. The van der Waals surface area contributed by atoms with Gasteiger partial charge in [0, 0.05) is 44.5 Å². The third kappa shape index (κ3) is 7.00. The molecule has 1 unspecified atom stereocenters. The van der Waals surface area contributed by atoms with Crippen LogP contribution in [0.15, 0.2) is 24.3 Å². The topological polar surface area (TPSA) is 35.6 Å². The number of nitrogens with one attached hydrogen (secondary N) is 1. The lowest BCUT2D eigenvalue weighted by Crippen LogP contribution is -2.54. The Morgan fingerprint density at radius 3 is 2.60 bits per heavy atom. The molecule has 4 nitrogen and oxygen atoms in total. The summed E-state index contributed by atoms with van der Waals surface area (Å²) in [6, 6.07) is 8.92. The summed E-state index contributed by atoms with van der Waals surface area (Å²) in [4.78, 5) is 17.1. The third-order valence-electron chi connectivity index (χ3n) is 4.87. The maximum absolute atomic E-state index is 12.2. The molecule has 1 aromatic carbocycles. The SMILES string of the molecule is Cc1cccc(CSCC(=O)NCC(C(C)C)N2CCN(C)CC2)c1. The Morgan fingerprint density at radius 2 is 1.96 bits per heavy atom. The van der Waals surface area contributed by atoms with E-state index in [1.54, 1.807) is 11.8 Å². The number of thioether (sulfide) groups is 1. The number of amides is 1. The van der Waals surface area contributed by atoms with Gasteiger partial charge in [-0.3, -0.25) is 9.69 Å². The summed E-state index contributed by atoms with van der Waals surface area (Å²) in [5, 5.41) is 3.16. The van der Waals surface area contributed by atoms with Crippen molar-refractivity contribution in [2.45, 2.75) is 32.6 Å². The van der Waals surface area contributed by atoms with E-state index in [1.165, 1.54) is 11.1 Å². The molecular weight excluding hydrogens is 330 g/mol. The van der Waals surface area contributed by atoms with Crippen LogP contribution in [0.2, 0.25) is 0 Å². The van der Waals surface area contributed by atoms with E-state index in [2.05, 4.69) is 67.2 Å². The van der Waals surface area contributed by atoms with E-state index in [4.69, 9.17) is 0 Å². The van der Waals surface area contributed by atoms with E-state index in [9.17, 15) is 4.79 Å². The standard InChI is InChI=1S/C20H33N3OS/c1-16(2)19(23-10-8-22(4)9-11-23)13-21-20(24)15-25-14-18-7-5-6-17(3)12-18/h5-7,12,16,19H,8-11,13-15H2,1-4H3,(H,21,24). The second-order valence-corrected chi connectivity index (χ2v) is 8.42. The Balaban J connectivity index is 1.71. The molecule has 1 aliphatic heterocycles. The van der Waals surface area contributed by atoms with E-state index in [1.807, 2.05) is 0 Å². The fourth-order valence-electron chi connectivity index (χ4n) is 3.27. The molecule has 140 valence electrons. The zero-order valence-electron chi connectivity index (χ0n) is 16.1. The molecule has 0 spiro atoms. The maximum atomic E-state index is 12.2. The number of nitrogens with zero attached hydrogens (tertiary/aromatic N) is 2. The number of rotatable bonds is 8. The van der Waals surface area contributed by atoms with Crippen LogP contribution in [0.3, 0.4) is 0 Å². The van der Waals surface area contributed by atoms with E-state index in [-0.39, 0.29) is 5.91 Å². The minimum absolute atomic E-state index is 0.150. The van der Waals surface area contributed by atoms with Crippen molar-refractivity contribution in [2.24, 2.45) is 5.92 Å². The van der Waals surface area contributed by atoms with Gasteiger partial charge < -0.3 is 10.2 Å². The van der Waals surface area contributed by atoms with Crippen LogP contribution in [0.25, 0.3) is 0 Å². The average Bonchev–Trinajstić information content (AvgIpc) is 2.56. The molecule has 0 saturated carbocycles. The lowest BCUT2D eigenvalue weighted by Gasteiger charge is -2.39. The molecule has 5 heteroatoms. The van der Waals surface area contributed by atoms with Gasteiger partial charge in [-0.25, -0.2) is 0 Å². The first-order valence-electron chi connectivity index (χ1n) is 9.28. The lowest BCUT2D eigenvalue weighted by molar-refractivity contribution is -0.118. The maximum Gasteiger partial charge on any atom is 0.230 e. The fourth-order valence-corrected chi connectivity index (χ4v) is 4.08. The van der Waals surface area contributed by atoms with Gasteiger partial charge in [-0.1, -0.05) is 43.7 Å². The molecule has 1 fully saturated rings. The highest BCUT2D eigenvalue weighted by atomic mass is 32.2. The van der Waals surface area contributed by atoms with E-state index in [0.717, 1.165) is 38.5 Å². The summed E-state index contributed by atoms with van der Waals surface area (Å²) in [5.41, 5.74) is 2.56. The molecule has 1 aromatic rings. The van der Waals surface area contributed by atoms with Gasteiger partial charge in [0.1, 0.15) is 0 Å². The van der Waals surface area contributed by atoms with Crippen LogP contribution in [0, 0.1) is 12.8 Å². The largest absolute Gasteiger partial charge is 0.354 e. The van der Waals surface area contributed by atoms with Crippen LogP contribution < -0.4 is 5.32 Å². The number of carbonyl (C=O) groups excluding carboxylic acids is 1. The first kappa shape index (κ1) is 20.3. The van der Waals surface area contributed by atoms with Crippen molar-refractivity contribution in [1.82, 2.24) is 15.1 Å². The van der Waals surface area contributed by atoms with Gasteiger partial charge in [0.25, 0.3) is 0 Å². The summed E-state index contributed by atoms with van der Waals surface area (Å²) in [6.45, 7) is 11.8. The van der Waals surface area contributed by atoms with Gasteiger partial charge in [0.15, 0.2) is 0 Å². The second-order valence-electron chi connectivity index (χ2n) is 7.44. The van der Waals surface area contributed by atoms with E-state index < -0.39 is 0 Å². The smallest absolute Gasteiger partial charge is 0.230 e. The van der Waals surface area contributed by atoms with Crippen molar-refractivity contribution in [1.29, 1.82) is 0 Å². The van der Waals surface area contributed by atoms with Crippen molar-refractivity contribution in [2.75, 3.05) is 45.5 Å². The van der Waals surface area contributed by atoms with Crippen LogP contribution in [0.4, 0.5) is 0 Å². The molecule has 0 bridgehead atoms. The van der Waals surface area contributed by atoms with Crippen molar-refractivity contribution in [3.63, 3.8) is 0 Å². The molecule has 0 radical (unpaired) electrons. The van der Waals surface area contributed by atoms with Gasteiger partial charge in [-0.15, -0.1) is 11.8 Å². The predicted molar refractivity (Wildman–Crippen MR) is 108 cm³/mol. The molecule has 2 rings (SSSR count). The Kier molecular flexibility index (Phi) is 8.27. The number of carbonyl (C=O) groups is 1. The van der Waals surface area contributed by atoms with Gasteiger partial charge >= 0.3 is 0 Å². The van der Waals surface area contributed by atoms with Gasteiger partial charge in [-0.05, 0) is 25.5 Å².